The Morgan fingerprint density at radius 1 is 1.32 bits per heavy atom. The van der Waals surface area contributed by atoms with E-state index in [0.29, 0.717) is 40.6 Å². The molecule has 2 N–H and O–H groups in total. The summed E-state index contributed by atoms with van der Waals surface area (Å²) in [4.78, 5) is 36.8. The normalized spacial score (nSPS) is 25.4. The number of methoxy groups -OCH3 is 1. The number of likely N-dealkylation sites (tertiary alicyclic amines) is 2. The van der Waals surface area contributed by atoms with Gasteiger partial charge in [-0.25, -0.2) is 22.9 Å². The molecule has 9 nitrogen and oxygen atoms in total. The topological polar surface area (TPSA) is 107 Å². The number of thiazole rings is 1. The number of aromatic nitrogens is 1. The van der Waals surface area contributed by atoms with Gasteiger partial charge in [-0.1, -0.05) is 19.1 Å². The number of nitrogens with zero attached hydrogens (tertiary/aromatic N) is 4. The average molecular weight is 578 g/mol. The third kappa shape index (κ3) is 5.13. The Labute approximate surface area is 233 Å². The Kier molecular flexibility index (Phi) is 7.73. The first-order chi connectivity index (χ1) is 19.0. The first-order valence-corrected chi connectivity index (χ1v) is 13.8. The van der Waals surface area contributed by atoms with Crippen molar-refractivity contribution in [3.05, 3.63) is 63.0 Å². The van der Waals surface area contributed by atoms with Crippen LogP contribution < -0.4 is 5.32 Å². The Hall–Kier alpha value is -3.29. The van der Waals surface area contributed by atoms with Gasteiger partial charge in [0, 0.05) is 43.0 Å². The highest BCUT2D eigenvalue weighted by molar-refractivity contribution is 7.11. The van der Waals surface area contributed by atoms with Crippen LogP contribution in [0.5, 0.6) is 0 Å². The number of esters is 1. The number of ether oxygens (including phenoxy) is 1. The predicted octanol–water partition coefficient (Wildman–Crippen LogP) is 3.22. The number of carbonyl (C=O) groups is 2. The summed E-state index contributed by atoms with van der Waals surface area (Å²) >= 11 is 1.31. The van der Waals surface area contributed by atoms with Gasteiger partial charge in [0.2, 0.25) is 0 Å². The van der Waals surface area contributed by atoms with Gasteiger partial charge in [-0.2, -0.15) is 0 Å². The van der Waals surface area contributed by atoms with Gasteiger partial charge in [0.05, 0.1) is 31.2 Å². The number of carboxylic acids is 1. The molecular formula is C27H30F3N5O4S. The largest absolute Gasteiger partial charge is 0.481 e. The number of aliphatic carboxylic acids is 1. The van der Waals surface area contributed by atoms with Crippen LogP contribution in [0.4, 0.5) is 13.2 Å². The first kappa shape index (κ1) is 28.2. The van der Waals surface area contributed by atoms with Crippen LogP contribution in [0.1, 0.15) is 35.5 Å². The molecule has 0 bridgehead atoms. The Morgan fingerprint density at radius 2 is 2.10 bits per heavy atom. The minimum atomic E-state index is -3.09. The lowest BCUT2D eigenvalue weighted by Crippen LogP contribution is -2.47. The molecule has 4 atom stereocenters. The molecule has 214 valence electrons. The van der Waals surface area contributed by atoms with E-state index in [2.05, 4.69) is 10.3 Å². The van der Waals surface area contributed by atoms with Crippen LogP contribution in [0, 0.1) is 18.7 Å². The first-order valence-electron chi connectivity index (χ1n) is 12.9. The molecule has 5 rings (SSSR count). The molecule has 2 fully saturated rings. The van der Waals surface area contributed by atoms with E-state index in [1.165, 1.54) is 37.5 Å². The van der Waals surface area contributed by atoms with E-state index in [1.54, 1.807) is 34.4 Å². The van der Waals surface area contributed by atoms with E-state index in [0.717, 1.165) is 0 Å². The molecule has 0 spiro atoms. The summed E-state index contributed by atoms with van der Waals surface area (Å²) in [6.07, 6.45) is 2.02. The fourth-order valence-corrected chi connectivity index (χ4v) is 6.51. The molecule has 1 aromatic heterocycles. The molecule has 13 heteroatoms. The summed E-state index contributed by atoms with van der Waals surface area (Å²) < 4.78 is 50.6. The van der Waals surface area contributed by atoms with Crippen LogP contribution >= 0.6 is 11.3 Å². The van der Waals surface area contributed by atoms with Crippen molar-refractivity contribution in [2.24, 2.45) is 10.9 Å². The average Bonchev–Trinajstić information content (AvgIpc) is 3.64. The molecular weight excluding hydrogens is 547 g/mol. The van der Waals surface area contributed by atoms with E-state index in [4.69, 9.17) is 9.73 Å². The maximum atomic E-state index is 15.4. The van der Waals surface area contributed by atoms with Gasteiger partial charge in [-0.3, -0.25) is 19.6 Å². The second kappa shape index (κ2) is 10.9. The standard InChI is InChI=1S/C27H30F3N5O4S/c1-14(25(36)37)11-34-9-7-19-22(34)27(29,30)13-35(19)12-18-20(26(38)39-3)21(16-5-4-6-17(28)15(16)2)33-23(32-18)24-31-8-10-40-24/h4-6,8,10,14,19,21-22H,7,9,11-13H2,1-3H3,(H,32,33)(H,36,37). The van der Waals surface area contributed by atoms with Crippen molar-refractivity contribution < 1.29 is 32.6 Å². The quantitative estimate of drug-likeness (QED) is 0.461. The van der Waals surface area contributed by atoms with Crippen molar-refractivity contribution in [1.82, 2.24) is 20.1 Å². The summed E-state index contributed by atoms with van der Waals surface area (Å²) in [6, 6.07) is 1.88. The van der Waals surface area contributed by atoms with Crippen LogP contribution in [-0.4, -0.2) is 89.0 Å². The van der Waals surface area contributed by atoms with Gasteiger partial charge in [0.1, 0.15) is 11.9 Å². The lowest BCUT2D eigenvalue weighted by Gasteiger charge is -2.31. The minimum absolute atomic E-state index is 0.0239. The third-order valence-corrected chi connectivity index (χ3v) is 8.63. The molecule has 0 aliphatic carbocycles. The van der Waals surface area contributed by atoms with Crippen molar-refractivity contribution >= 4 is 29.1 Å². The highest BCUT2D eigenvalue weighted by Crippen LogP contribution is 2.43. The van der Waals surface area contributed by atoms with Crippen LogP contribution in [-0.2, 0) is 14.3 Å². The number of alkyl halides is 2. The zero-order valence-corrected chi connectivity index (χ0v) is 23.1. The maximum absolute atomic E-state index is 15.4. The van der Waals surface area contributed by atoms with Crippen LogP contribution in [0.25, 0.3) is 0 Å². The molecule has 1 aromatic carbocycles. The summed E-state index contributed by atoms with van der Waals surface area (Å²) in [5, 5.41) is 14.8. The number of carboxylic acid groups (broad SMARTS) is 1. The number of halogens is 3. The Morgan fingerprint density at radius 3 is 2.77 bits per heavy atom. The number of carbonyl (C=O) groups excluding carboxylic acids is 1. The molecule has 4 heterocycles. The van der Waals surface area contributed by atoms with Crippen LogP contribution in [0.3, 0.4) is 0 Å². The minimum Gasteiger partial charge on any atom is -0.481 e. The zero-order chi connectivity index (χ0) is 28.8. The summed E-state index contributed by atoms with van der Waals surface area (Å²) in [5.41, 5.74) is 1.20. The number of aliphatic imine (C=N–C) groups is 1. The van der Waals surface area contributed by atoms with Gasteiger partial charge in [0.15, 0.2) is 10.8 Å². The van der Waals surface area contributed by atoms with Crippen molar-refractivity contribution in [2.45, 2.75) is 44.3 Å². The second-order valence-electron chi connectivity index (χ2n) is 10.4. The molecule has 0 saturated carbocycles. The lowest BCUT2D eigenvalue weighted by molar-refractivity contribution is -0.142. The lowest BCUT2D eigenvalue weighted by atomic mass is 9.92. The maximum Gasteiger partial charge on any atom is 0.338 e. The van der Waals surface area contributed by atoms with Gasteiger partial charge in [-0.15, -0.1) is 11.3 Å². The molecule has 3 aliphatic rings. The van der Waals surface area contributed by atoms with Crippen molar-refractivity contribution in [3.63, 3.8) is 0 Å². The fraction of sp³-hybridized carbons (Fsp3) is 0.481. The van der Waals surface area contributed by atoms with E-state index >= 15 is 8.78 Å². The highest BCUT2D eigenvalue weighted by Gasteiger charge is 2.59. The number of rotatable bonds is 8. The Balaban J connectivity index is 1.53. The molecule has 2 saturated heterocycles. The van der Waals surface area contributed by atoms with Gasteiger partial charge >= 0.3 is 11.9 Å². The van der Waals surface area contributed by atoms with Crippen molar-refractivity contribution in [2.75, 3.05) is 33.3 Å². The molecule has 0 radical (unpaired) electrons. The molecule has 3 aliphatic heterocycles. The number of benzene rings is 1. The van der Waals surface area contributed by atoms with Crippen molar-refractivity contribution in [3.8, 4) is 0 Å². The summed E-state index contributed by atoms with van der Waals surface area (Å²) in [7, 11) is 1.22. The van der Waals surface area contributed by atoms with Crippen molar-refractivity contribution in [1.29, 1.82) is 0 Å². The van der Waals surface area contributed by atoms with E-state index < -0.39 is 54.3 Å². The fourth-order valence-electron chi connectivity index (χ4n) is 5.93. The van der Waals surface area contributed by atoms with Gasteiger partial charge in [0.25, 0.3) is 5.92 Å². The van der Waals surface area contributed by atoms with Crippen LogP contribution in [0.2, 0.25) is 0 Å². The number of fused-ring (bicyclic) bond motifs is 1. The summed E-state index contributed by atoms with van der Waals surface area (Å²) in [5.74, 6) is -5.74. The molecule has 40 heavy (non-hydrogen) atoms. The smallest absolute Gasteiger partial charge is 0.338 e. The number of hydrogen-bond acceptors (Lipinski definition) is 9. The number of nitrogens with one attached hydrogen (secondary N) is 1. The number of hydrogen-bond donors (Lipinski definition) is 2. The SMILES string of the molecule is COC(=O)C1=C(CN2CC(F)(F)C3C2CCN3CC(C)C(=O)O)NC(c2nccs2)=NC1c1cccc(F)c1C. The van der Waals surface area contributed by atoms with Gasteiger partial charge < -0.3 is 15.2 Å². The van der Waals surface area contributed by atoms with E-state index in [-0.39, 0.29) is 18.7 Å². The molecule has 2 aromatic rings. The predicted molar refractivity (Wildman–Crippen MR) is 142 cm³/mol. The third-order valence-electron chi connectivity index (χ3n) is 7.85. The van der Waals surface area contributed by atoms with E-state index in [1.807, 2.05) is 0 Å². The van der Waals surface area contributed by atoms with E-state index in [9.17, 15) is 19.1 Å². The summed E-state index contributed by atoms with van der Waals surface area (Å²) in [6.45, 7) is 2.86. The Bertz CT molecular complexity index is 1370. The molecule has 0 amide bonds. The molecule has 4 unspecified atom stereocenters. The highest BCUT2D eigenvalue weighted by atomic mass is 32.1. The number of amidine groups is 1. The monoisotopic (exact) mass is 577 g/mol. The van der Waals surface area contributed by atoms with Crippen LogP contribution in [0.15, 0.2) is 46.0 Å². The second-order valence-corrected chi connectivity index (χ2v) is 11.3. The zero-order valence-electron chi connectivity index (χ0n) is 22.2. The van der Waals surface area contributed by atoms with Gasteiger partial charge in [-0.05, 0) is 30.5 Å².